The van der Waals surface area contributed by atoms with Gasteiger partial charge >= 0.3 is 0 Å². The van der Waals surface area contributed by atoms with E-state index in [1.807, 2.05) is 43.8 Å². The Morgan fingerprint density at radius 1 is 1.19 bits per heavy atom. The van der Waals surface area contributed by atoms with Gasteiger partial charge in [0.15, 0.2) is 0 Å². The molecule has 0 radical (unpaired) electrons. The fourth-order valence-corrected chi connectivity index (χ4v) is 2.67. The summed E-state index contributed by atoms with van der Waals surface area (Å²) in [6.07, 6.45) is 1.69. The maximum Gasteiger partial charge on any atom is 0.230 e. The van der Waals surface area contributed by atoms with E-state index in [4.69, 9.17) is 13.9 Å². The second-order valence-electron chi connectivity index (χ2n) is 6.12. The van der Waals surface area contributed by atoms with Crippen molar-refractivity contribution in [3.63, 3.8) is 0 Å². The lowest BCUT2D eigenvalue weighted by Crippen LogP contribution is -2.20. The summed E-state index contributed by atoms with van der Waals surface area (Å²) in [6, 6.07) is 5.54. The highest BCUT2D eigenvalue weighted by Crippen LogP contribution is 2.34. The minimum absolute atomic E-state index is 0.514. The first kappa shape index (κ1) is 17.9. The van der Waals surface area contributed by atoms with Crippen molar-refractivity contribution in [3.8, 4) is 23.0 Å². The number of aryl methyl sites for hydroxylation is 2. The number of nitrogens with zero attached hydrogens (tertiary/aromatic N) is 5. The van der Waals surface area contributed by atoms with Crippen molar-refractivity contribution in [2.24, 2.45) is 7.05 Å². The topological polar surface area (TPSA) is 78.4 Å². The molecule has 0 atom stereocenters. The quantitative estimate of drug-likeness (QED) is 0.642. The maximum atomic E-state index is 5.90. The van der Waals surface area contributed by atoms with Gasteiger partial charge in [-0.05, 0) is 32.2 Å². The van der Waals surface area contributed by atoms with E-state index in [-0.39, 0.29) is 0 Å². The van der Waals surface area contributed by atoms with Crippen molar-refractivity contribution in [2.45, 2.75) is 20.0 Å². The first-order valence-electron chi connectivity index (χ1n) is 8.22. The molecule has 0 saturated heterocycles. The van der Waals surface area contributed by atoms with Crippen LogP contribution in [0.3, 0.4) is 0 Å². The monoisotopic (exact) mass is 357 g/mol. The zero-order valence-electron chi connectivity index (χ0n) is 15.7. The van der Waals surface area contributed by atoms with Gasteiger partial charge in [-0.1, -0.05) is 0 Å². The molecule has 0 bridgehead atoms. The average molecular weight is 357 g/mol. The molecular weight excluding hydrogens is 334 g/mol. The van der Waals surface area contributed by atoms with E-state index in [1.54, 1.807) is 20.5 Å². The number of rotatable bonds is 7. The van der Waals surface area contributed by atoms with E-state index in [0.29, 0.717) is 24.7 Å². The van der Waals surface area contributed by atoms with Crippen molar-refractivity contribution in [3.05, 3.63) is 41.8 Å². The van der Waals surface area contributed by atoms with Gasteiger partial charge in [-0.25, -0.2) is 4.98 Å². The van der Waals surface area contributed by atoms with Gasteiger partial charge in [0.1, 0.15) is 29.4 Å². The Morgan fingerprint density at radius 2 is 2.00 bits per heavy atom. The number of oxazole rings is 1. The standard InChI is InChI=1S/C18H23N5O3/c1-12-15(9-22(2)10-17-21-19-11-23(17)3)20-18(26-12)14-8-13(24-4)6-7-16(14)25-5/h6-8,11H,9-10H2,1-5H3. The largest absolute Gasteiger partial charge is 0.497 e. The van der Waals surface area contributed by atoms with Gasteiger partial charge in [0.25, 0.3) is 0 Å². The van der Waals surface area contributed by atoms with E-state index in [2.05, 4.69) is 20.1 Å². The second kappa shape index (κ2) is 7.57. The van der Waals surface area contributed by atoms with E-state index in [1.165, 1.54) is 0 Å². The number of ether oxygens (including phenoxy) is 2. The third-order valence-corrected chi connectivity index (χ3v) is 4.17. The summed E-state index contributed by atoms with van der Waals surface area (Å²) in [5.41, 5.74) is 1.63. The van der Waals surface area contributed by atoms with Gasteiger partial charge in [0.05, 0.1) is 32.0 Å². The Morgan fingerprint density at radius 3 is 2.65 bits per heavy atom. The molecule has 0 spiro atoms. The molecule has 3 aromatic rings. The molecule has 8 nitrogen and oxygen atoms in total. The van der Waals surface area contributed by atoms with Crippen molar-refractivity contribution in [2.75, 3.05) is 21.3 Å². The second-order valence-corrected chi connectivity index (χ2v) is 6.12. The first-order valence-corrected chi connectivity index (χ1v) is 8.22. The van der Waals surface area contributed by atoms with Crippen molar-refractivity contribution >= 4 is 0 Å². The van der Waals surface area contributed by atoms with Crippen LogP contribution in [0.15, 0.2) is 28.9 Å². The highest BCUT2D eigenvalue weighted by Gasteiger charge is 2.18. The average Bonchev–Trinajstić information content (AvgIpc) is 3.20. The van der Waals surface area contributed by atoms with E-state index in [0.717, 1.165) is 28.6 Å². The van der Waals surface area contributed by atoms with Crippen LogP contribution in [0.1, 0.15) is 17.3 Å². The van der Waals surface area contributed by atoms with Crippen LogP contribution in [0.4, 0.5) is 0 Å². The molecule has 0 aliphatic rings. The third kappa shape index (κ3) is 3.70. The van der Waals surface area contributed by atoms with Crippen LogP contribution < -0.4 is 9.47 Å². The first-order chi connectivity index (χ1) is 12.5. The molecule has 0 fully saturated rings. The van der Waals surface area contributed by atoms with Gasteiger partial charge in [-0.3, -0.25) is 4.90 Å². The minimum Gasteiger partial charge on any atom is -0.497 e. The fourth-order valence-electron chi connectivity index (χ4n) is 2.67. The van der Waals surface area contributed by atoms with Crippen LogP contribution >= 0.6 is 0 Å². The van der Waals surface area contributed by atoms with Crippen LogP contribution in [0.2, 0.25) is 0 Å². The van der Waals surface area contributed by atoms with Gasteiger partial charge < -0.3 is 18.5 Å². The molecular formula is C18H23N5O3. The van der Waals surface area contributed by atoms with Crippen LogP contribution in [-0.4, -0.2) is 45.9 Å². The molecule has 138 valence electrons. The Kier molecular flexibility index (Phi) is 5.22. The van der Waals surface area contributed by atoms with Crippen LogP contribution in [0, 0.1) is 6.92 Å². The van der Waals surface area contributed by atoms with Crippen LogP contribution in [0.5, 0.6) is 11.5 Å². The molecule has 2 aromatic heterocycles. The van der Waals surface area contributed by atoms with Crippen molar-refractivity contribution < 1.29 is 13.9 Å². The molecule has 3 rings (SSSR count). The molecule has 2 heterocycles. The molecule has 8 heteroatoms. The molecule has 0 aliphatic carbocycles. The summed E-state index contributed by atoms with van der Waals surface area (Å²) in [5, 5.41) is 8.02. The van der Waals surface area contributed by atoms with Gasteiger partial charge in [-0.2, -0.15) is 0 Å². The van der Waals surface area contributed by atoms with Crippen LogP contribution in [-0.2, 0) is 20.1 Å². The van der Waals surface area contributed by atoms with Gasteiger partial charge in [-0.15, -0.1) is 10.2 Å². The fraction of sp³-hybridized carbons (Fsp3) is 0.389. The van der Waals surface area contributed by atoms with Crippen molar-refractivity contribution in [1.29, 1.82) is 0 Å². The Bertz CT molecular complexity index is 887. The lowest BCUT2D eigenvalue weighted by Gasteiger charge is -2.14. The number of aromatic nitrogens is 4. The maximum absolute atomic E-state index is 5.90. The summed E-state index contributed by atoms with van der Waals surface area (Å²) in [6.45, 7) is 3.21. The summed E-state index contributed by atoms with van der Waals surface area (Å²) < 4.78 is 18.5. The molecule has 1 aromatic carbocycles. The number of methoxy groups -OCH3 is 2. The van der Waals surface area contributed by atoms with Crippen LogP contribution in [0.25, 0.3) is 11.5 Å². The normalized spacial score (nSPS) is 11.2. The lowest BCUT2D eigenvalue weighted by molar-refractivity contribution is 0.301. The highest BCUT2D eigenvalue weighted by molar-refractivity contribution is 5.65. The predicted molar refractivity (Wildman–Crippen MR) is 96.0 cm³/mol. The number of benzene rings is 1. The smallest absolute Gasteiger partial charge is 0.230 e. The van der Waals surface area contributed by atoms with Gasteiger partial charge in [0, 0.05) is 13.6 Å². The Hall–Kier alpha value is -2.87. The third-order valence-electron chi connectivity index (χ3n) is 4.17. The van der Waals surface area contributed by atoms with Gasteiger partial charge in [0.2, 0.25) is 5.89 Å². The molecule has 0 N–H and O–H groups in total. The Balaban J connectivity index is 1.82. The summed E-state index contributed by atoms with van der Waals surface area (Å²) in [4.78, 5) is 6.78. The SMILES string of the molecule is COc1ccc(OC)c(-c2nc(CN(C)Cc3nncn3C)c(C)o2)c1. The lowest BCUT2D eigenvalue weighted by atomic mass is 10.2. The molecule has 0 amide bonds. The summed E-state index contributed by atoms with van der Waals surface area (Å²) >= 11 is 0. The van der Waals surface area contributed by atoms with E-state index in [9.17, 15) is 0 Å². The number of hydrogen-bond acceptors (Lipinski definition) is 7. The summed E-state index contributed by atoms with van der Waals surface area (Å²) in [5.74, 6) is 3.59. The minimum atomic E-state index is 0.514. The Labute approximate surface area is 152 Å². The predicted octanol–water partition coefficient (Wildman–Crippen LogP) is 2.43. The van der Waals surface area contributed by atoms with E-state index >= 15 is 0 Å². The zero-order chi connectivity index (χ0) is 18.7. The van der Waals surface area contributed by atoms with E-state index < -0.39 is 0 Å². The molecule has 26 heavy (non-hydrogen) atoms. The summed E-state index contributed by atoms with van der Waals surface area (Å²) in [7, 11) is 7.18. The number of hydrogen-bond donors (Lipinski definition) is 0. The highest BCUT2D eigenvalue weighted by atomic mass is 16.5. The molecule has 0 saturated carbocycles. The van der Waals surface area contributed by atoms with Crippen molar-refractivity contribution in [1.82, 2.24) is 24.6 Å². The molecule has 0 unspecified atom stereocenters. The molecule has 0 aliphatic heterocycles. The zero-order valence-corrected chi connectivity index (χ0v) is 15.7.